The Labute approximate surface area is 325 Å². The highest BCUT2D eigenvalue weighted by molar-refractivity contribution is 5.69. The van der Waals surface area contributed by atoms with Crippen LogP contribution in [-0.2, 0) is 14.3 Å². The topological polar surface area (TPSA) is 63.6 Å². The van der Waals surface area contributed by atoms with Crippen LogP contribution in [0.15, 0.2) is 24.3 Å². The number of allylic oxidation sites excluding steroid dienone is 4. The SMILES string of the molecule is CCCCC/C=C\C/C=C\CCCCCCCCCCCCCC(=O)OC(CCCCCCCCCCC)CCCCCCCCCCCC(=O)O. The van der Waals surface area contributed by atoms with Crippen LogP contribution in [-0.4, -0.2) is 23.1 Å². The molecule has 0 spiro atoms. The maximum Gasteiger partial charge on any atom is 0.306 e. The number of hydrogen-bond donors (Lipinski definition) is 1. The number of ether oxygens (including phenoxy) is 1. The zero-order valence-electron chi connectivity index (χ0n) is 35.1. The summed E-state index contributed by atoms with van der Waals surface area (Å²) in [7, 11) is 0. The first-order valence-corrected chi connectivity index (χ1v) is 23.3. The molecular weight excluding hydrogens is 641 g/mol. The Kier molecular flexibility index (Phi) is 42.5. The van der Waals surface area contributed by atoms with E-state index in [0.717, 1.165) is 57.8 Å². The zero-order valence-corrected chi connectivity index (χ0v) is 35.1. The van der Waals surface area contributed by atoms with Gasteiger partial charge in [-0.1, -0.05) is 205 Å². The molecule has 0 aliphatic heterocycles. The molecule has 0 fully saturated rings. The number of carboxylic acid groups (broad SMARTS) is 1. The number of carboxylic acids is 1. The average molecular weight is 731 g/mol. The predicted molar refractivity (Wildman–Crippen MR) is 227 cm³/mol. The van der Waals surface area contributed by atoms with Crippen LogP contribution in [0.5, 0.6) is 0 Å². The quantitative estimate of drug-likeness (QED) is 0.0385. The van der Waals surface area contributed by atoms with E-state index in [2.05, 4.69) is 38.2 Å². The fourth-order valence-corrected chi connectivity index (χ4v) is 7.22. The standard InChI is InChI=1S/C48H90O4/c1-3-5-7-9-11-13-14-15-16-17-18-19-20-21-22-23-24-29-33-37-41-45-48(51)52-46(42-38-34-30-26-12-10-8-6-4-2)43-39-35-31-27-25-28-32-36-40-44-47(49)50/h11,13,15-16,46H,3-10,12,14,17-45H2,1-2H3,(H,49,50)/b13-11-,16-15-. The highest BCUT2D eigenvalue weighted by atomic mass is 16.5. The highest BCUT2D eigenvalue weighted by Gasteiger charge is 2.14. The van der Waals surface area contributed by atoms with Gasteiger partial charge in [-0.05, 0) is 70.6 Å². The fraction of sp³-hybridized carbons (Fsp3) is 0.875. The summed E-state index contributed by atoms with van der Waals surface area (Å²) in [5, 5.41) is 8.75. The summed E-state index contributed by atoms with van der Waals surface area (Å²) in [5.41, 5.74) is 0. The number of aliphatic carboxylic acids is 1. The van der Waals surface area contributed by atoms with E-state index < -0.39 is 5.97 Å². The molecule has 4 heteroatoms. The Balaban J connectivity index is 3.94. The molecule has 0 rings (SSSR count). The number of rotatable bonds is 43. The Morgan fingerprint density at radius 3 is 1.17 bits per heavy atom. The number of carbonyl (C=O) groups excluding carboxylic acids is 1. The maximum absolute atomic E-state index is 12.8. The molecule has 52 heavy (non-hydrogen) atoms. The summed E-state index contributed by atoms with van der Waals surface area (Å²) in [6.45, 7) is 4.54. The number of esters is 1. The number of carbonyl (C=O) groups is 2. The lowest BCUT2D eigenvalue weighted by molar-refractivity contribution is -0.150. The summed E-state index contributed by atoms with van der Waals surface area (Å²) < 4.78 is 6.08. The summed E-state index contributed by atoms with van der Waals surface area (Å²) in [5.74, 6) is -0.639. The van der Waals surface area contributed by atoms with Gasteiger partial charge in [0.15, 0.2) is 0 Å². The molecule has 306 valence electrons. The van der Waals surface area contributed by atoms with Crippen molar-refractivity contribution in [2.24, 2.45) is 0 Å². The summed E-state index contributed by atoms with van der Waals surface area (Å²) in [6.07, 6.45) is 56.5. The van der Waals surface area contributed by atoms with E-state index >= 15 is 0 Å². The summed E-state index contributed by atoms with van der Waals surface area (Å²) in [4.78, 5) is 23.4. The third-order valence-corrected chi connectivity index (χ3v) is 10.7. The first-order valence-electron chi connectivity index (χ1n) is 23.3. The van der Waals surface area contributed by atoms with Crippen molar-refractivity contribution in [2.75, 3.05) is 0 Å². The minimum absolute atomic E-state index is 0.0361. The predicted octanol–water partition coefficient (Wildman–Crippen LogP) is 16.3. The molecule has 1 N–H and O–H groups in total. The van der Waals surface area contributed by atoms with Gasteiger partial charge in [-0.25, -0.2) is 0 Å². The third-order valence-electron chi connectivity index (χ3n) is 10.7. The maximum atomic E-state index is 12.8. The molecule has 0 radical (unpaired) electrons. The van der Waals surface area contributed by atoms with Crippen molar-refractivity contribution in [1.29, 1.82) is 0 Å². The largest absolute Gasteiger partial charge is 0.481 e. The molecule has 0 aromatic heterocycles. The van der Waals surface area contributed by atoms with Gasteiger partial charge in [0.1, 0.15) is 6.10 Å². The van der Waals surface area contributed by atoms with Gasteiger partial charge in [-0.15, -0.1) is 0 Å². The molecule has 1 unspecified atom stereocenters. The highest BCUT2D eigenvalue weighted by Crippen LogP contribution is 2.19. The van der Waals surface area contributed by atoms with Gasteiger partial charge >= 0.3 is 11.9 Å². The van der Waals surface area contributed by atoms with E-state index in [4.69, 9.17) is 9.84 Å². The van der Waals surface area contributed by atoms with Gasteiger partial charge in [-0.3, -0.25) is 9.59 Å². The van der Waals surface area contributed by atoms with Crippen LogP contribution in [0.25, 0.3) is 0 Å². The smallest absolute Gasteiger partial charge is 0.306 e. The molecule has 4 nitrogen and oxygen atoms in total. The van der Waals surface area contributed by atoms with Crippen LogP contribution in [0.2, 0.25) is 0 Å². The van der Waals surface area contributed by atoms with Crippen LogP contribution in [0, 0.1) is 0 Å². The van der Waals surface area contributed by atoms with E-state index in [9.17, 15) is 9.59 Å². The molecule has 0 amide bonds. The minimum atomic E-state index is -0.675. The summed E-state index contributed by atoms with van der Waals surface area (Å²) >= 11 is 0. The van der Waals surface area contributed by atoms with Crippen molar-refractivity contribution >= 4 is 11.9 Å². The molecule has 0 aromatic rings. The first-order chi connectivity index (χ1) is 25.6. The van der Waals surface area contributed by atoms with Gasteiger partial charge < -0.3 is 9.84 Å². The molecule has 0 aromatic carbocycles. The van der Waals surface area contributed by atoms with Crippen LogP contribution >= 0.6 is 0 Å². The molecule has 0 saturated carbocycles. The zero-order chi connectivity index (χ0) is 37.8. The van der Waals surface area contributed by atoms with E-state index in [-0.39, 0.29) is 12.1 Å². The Morgan fingerprint density at radius 1 is 0.423 bits per heavy atom. The van der Waals surface area contributed by atoms with Crippen LogP contribution in [0.3, 0.4) is 0 Å². The molecule has 1 atom stereocenters. The first kappa shape index (κ1) is 50.4. The molecule has 0 aliphatic rings. The van der Waals surface area contributed by atoms with E-state index in [1.807, 2.05) is 0 Å². The Morgan fingerprint density at radius 2 is 0.750 bits per heavy atom. The van der Waals surface area contributed by atoms with Crippen LogP contribution in [0.1, 0.15) is 264 Å². The monoisotopic (exact) mass is 731 g/mol. The Hall–Kier alpha value is -1.58. The lowest BCUT2D eigenvalue weighted by atomic mass is 10.0. The van der Waals surface area contributed by atoms with Crippen molar-refractivity contribution in [3.8, 4) is 0 Å². The minimum Gasteiger partial charge on any atom is -0.481 e. The van der Waals surface area contributed by atoms with Crippen LogP contribution in [0.4, 0.5) is 0 Å². The lowest BCUT2D eigenvalue weighted by Gasteiger charge is -2.18. The van der Waals surface area contributed by atoms with Crippen molar-refractivity contribution < 1.29 is 19.4 Å². The molecule has 0 saturated heterocycles. The van der Waals surface area contributed by atoms with Crippen molar-refractivity contribution in [1.82, 2.24) is 0 Å². The van der Waals surface area contributed by atoms with Gasteiger partial charge in [0.2, 0.25) is 0 Å². The van der Waals surface area contributed by atoms with Crippen molar-refractivity contribution in [3.63, 3.8) is 0 Å². The van der Waals surface area contributed by atoms with Crippen molar-refractivity contribution in [2.45, 2.75) is 270 Å². The second-order valence-electron chi connectivity index (χ2n) is 15.9. The molecule has 0 aliphatic carbocycles. The fourth-order valence-electron chi connectivity index (χ4n) is 7.22. The van der Waals surface area contributed by atoms with Gasteiger partial charge in [-0.2, -0.15) is 0 Å². The van der Waals surface area contributed by atoms with Gasteiger partial charge in [0, 0.05) is 12.8 Å². The lowest BCUT2D eigenvalue weighted by Crippen LogP contribution is -2.18. The average Bonchev–Trinajstić information content (AvgIpc) is 3.13. The van der Waals surface area contributed by atoms with Crippen LogP contribution < -0.4 is 0 Å². The third kappa shape index (κ3) is 42.8. The number of unbranched alkanes of at least 4 members (excludes halogenated alkanes) is 30. The van der Waals surface area contributed by atoms with E-state index in [1.165, 1.54) is 180 Å². The molecule has 0 heterocycles. The van der Waals surface area contributed by atoms with Gasteiger partial charge in [0.05, 0.1) is 0 Å². The Bertz CT molecular complexity index is 787. The van der Waals surface area contributed by atoms with Gasteiger partial charge in [0.25, 0.3) is 0 Å². The normalized spacial score (nSPS) is 12.3. The second kappa shape index (κ2) is 43.8. The second-order valence-corrected chi connectivity index (χ2v) is 15.9. The van der Waals surface area contributed by atoms with Crippen molar-refractivity contribution in [3.05, 3.63) is 24.3 Å². The number of hydrogen-bond acceptors (Lipinski definition) is 3. The van der Waals surface area contributed by atoms with E-state index in [0.29, 0.717) is 12.8 Å². The molecule has 0 bridgehead atoms. The summed E-state index contributed by atoms with van der Waals surface area (Å²) in [6, 6.07) is 0. The molecular formula is C48H90O4. The van der Waals surface area contributed by atoms with E-state index in [1.54, 1.807) is 0 Å².